The van der Waals surface area contributed by atoms with E-state index < -0.39 is 31.0 Å². The second-order valence-corrected chi connectivity index (χ2v) is 8.03. The molecule has 0 radical (unpaired) electrons. The predicted octanol–water partition coefficient (Wildman–Crippen LogP) is 4.13. The molecule has 1 aliphatic rings. The predicted molar refractivity (Wildman–Crippen MR) is 113 cm³/mol. The highest BCUT2D eigenvalue weighted by Crippen LogP contribution is 2.20. The lowest BCUT2D eigenvalue weighted by Crippen LogP contribution is -2.41. The van der Waals surface area contributed by atoms with Gasteiger partial charge >= 0.3 is 0 Å². The van der Waals surface area contributed by atoms with Gasteiger partial charge in [0.15, 0.2) is 0 Å². The van der Waals surface area contributed by atoms with Crippen molar-refractivity contribution >= 4 is 0 Å². The topological polar surface area (TPSA) is 79.2 Å². The third kappa shape index (κ3) is 11.5. The van der Waals surface area contributed by atoms with Crippen LogP contribution in [0.15, 0.2) is 12.2 Å². The summed E-state index contributed by atoms with van der Waals surface area (Å²) >= 11 is 0. The molecule has 28 heavy (non-hydrogen) atoms. The molecule has 5 heteroatoms. The van der Waals surface area contributed by atoms with Crippen molar-refractivity contribution in [1.82, 2.24) is 0 Å². The van der Waals surface area contributed by atoms with Crippen LogP contribution in [0.1, 0.15) is 90.4 Å². The van der Waals surface area contributed by atoms with Gasteiger partial charge in [0.2, 0.25) is 0 Å². The average molecular weight is 401 g/mol. The van der Waals surface area contributed by atoms with E-state index in [1.165, 1.54) is 70.6 Å². The molecule has 4 atom stereocenters. The monoisotopic (exact) mass is 400 g/mol. The number of ether oxygens (including phenoxy) is 2. The van der Waals surface area contributed by atoms with Crippen LogP contribution in [0.25, 0.3) is 0 Å². The van der Waals surface area contributed by atoms with Crippen molar-refractivity contribution in [1.29, 1.82) is 0 Å². The molecule has 0 aromatic heterocycles. The lowest BCUT2D eigenvalue weighted by atomic mass is 10.1. The summed E-state index contributed by atoms with van der Waals surface area (Å²) in [5.41, 5.74) is 0. The third-order valence-electron chi connectivity index (χ3n) is 5.47. The standard InChI is InChI=1S/C23H44O5/c1-2-3-4-5-6-7-8-9-10-11-12-13-14-15-16-17-27-21-19-28-23(22(21)26)20(25)18-24/h5-6,20-26H,2-4,7-19H2,1H3/b6-5+/t20-,21+,22-,23-/m1/s1. The zero-order chi connectivity index (χ0) is 20.5. The van der Waals surface area contributed by atoms with Crippen LogP contribution in [-0.4, -0.2) is 59.6 Å². The van der Waals surface area contributed by atoms with E-state index in [9.17, 15) is 10.2 Å². The minimum atomic E-state index is -1.05. The Bertz CT molecular complexity index is 374. The maximum Gasteiger partial charge on any atom is 0.114 e. The first-order chi connectivity index (χ1) is 13.7. The first-order valence-corrected chi connectivity index (χ1v) is 11.6. The summed E-state index contributed by atoms with van der Waals surface area (Å²) in [5, 5.41) is 28.6. The molecule has 1 rings (SSSR count). The lowest BCUT2D eigenvalue weighted by Gasteiger charge is -2.20. The van der Waals surface area contributed by atoms with Crippen LogP contribution < -0.4 is 0 Å². The van der Waals surface area contributed by atoms with Gasteiger partial charge in [0.25, 0.3) is 0 Å². The first kappa shape index (κ1) is 25.6. The third-order valence-corrected chi connectivity index (χ3v) is 5.47. The van der Waals surface area contributed by atoms with Crippen molar-refractivity contribution in [3.8, 4) is 0 Å². The number of rotatable bonds is 18. The zero-order valence-corrected chi connectivity index (χ0v) is 17.9. The molecular formula is C23H44O5. The van der Waals surface area contributed by atoms with Gasteiger partial charge in [-0.3, -0.25) is 0 Å². The summed E-state index contributed by atoms with van der Waals surface area (Å²) in [4.78, 5) is 0. The minimum Gasteiger partial charge on any atom is -0.394 e. The number of aliphatic hydroxyl groups is 3. The Labute approximate surface area is 172 Å². The summed E-state index contributed by atoms with van der Waals surface area (Å²) in [6, 6.07) is 0. The molecule has 0 aromatic rings. The summed E-state index contributed by atoms with van der Waals surface area (Å²) in [5.74, 6) is 0. The van der Waals surface area contributed by atoms with Gasteiger partial charge in [0.1, 0.15) is 24.4 Å². The van der Waals surface area contributed by atoms with E-state index in [2.05, 4.69) is 19.1 Å². The van der Waals surface area contributed by atoms with Crippen LogP contribution in [-0.2, 0) is 9.47 Å². The second kappa shape index (κ2) is 17.4. The fourth-order valence-electron chi connectivity index (χ4n) is 3.60. The Morgan fingerprint density at radius 3 is 2.11 bits per heavy atom. The Balaban J connectivity index is 1.83. The molecule has 0 bridgehead atoms. The van der Waals surface area contributed by atoms with Gasteiger partial charge in [-0.2, -0.15) is 0 Å². The zero-order valence-electron chi connectivity index (χ0n) is 17.9. The summed E-state index contributed by atoms with van der Waals surface area (Å²) < 4.78 is 11.0. The molecular weight excluding hydrogens is 356 g/mol. The Morgan fingerprint density at radius 2 is 1.50 bits per heavy atom. The van der Waals surface area contributed by atoms with Crippen molar-refractivity contribution < 1.29 is 24.8 Å². The number of hydrogen-bond donors (Lipinski definition) is 3. The van der Waals surface area contributed by atoms with E-state index in [1.54, 1.807) is 0 Å². The molecule has 0 unspecified atom stereocenters. The van der Waals surface area contributed by atoms with Crippen LogP contribution in [0.5, 0.6) is 0 Å². The van der Waals surface area contributed by atoms with E-state index in [-0.39, 0.29) is 6.61 Å². The average Bonchev–Trinajstić information content (AvgIpc) is 3.07. The molecule has 0 aliphatic carbocycles. The van der Waals surface area contributed by atoms with Crippen LogP contribution in [0.4, 0.5) is 0 Å². The fourth-order valence-corrected chi connectivity index (χ4v) is 3.60. The van der Waals surface area contributed by atoms with Gasteiger partial charge in [-0.15, -0.1) is 0 Å². The Hall–Kier alpha value is -0.460. The largest absolute Gasteiger partial charge is 0.394 e. The molecule has 0 spiro atoms. The molecule has 5 nitrogen and oxygen atoms in total. The Morgan fingerprint density at radius 1 is 0.929 bits per heavy atom. The molecule has 1 fully saturated rings. The summed E-state index contributed by atoms with van der Waals surface area (Å²) in [7, 11) is 0. The van der Waals surface area contributed by atoms with Gasteiger partial charge in [0.05, 0.1) is 13.2 Å². The van der Waals surface area contributed by atoms with Gasteiger partial charge < -0.3 is 24.8 Å². The van der Waals surface area contributed by atoms with E-state index in [4.69, 9.17) is 14.6 Å². The van der Waals surface area contributed by atoms with Crippen molar-refractivity contribution in [2.24, 2.45) is 0 Å². The smallest absolute Gasteiger partial charge is 0.114 e. The van der Waals surface area contributed by atoms with Crippen molar-refractivity contribution in [3.63, 3.8) is 0 Å². The normalized spacial score (nSPS) is 23.6. The molecule has 166 valence electrons. The maximum atomic E-state index is 10.1. The molecule has 0 aromatic carbocycles. The van der Waals surface area contributed by atoms with Crippen molar-refractivity contribution in [2.45, 2.75) is 115 Å². The number of allylic oxidation sites excluding steroid dienone is 2. The van der Waals surface area contributed by atoms with E-state index >= 15 is 0 Å². The van der Waals surface area contributed by atoms with Gasteiger partial charge in [-0.1, -0.05) is 76.9 Å². The number of unbranched alkanes of at least 4 members (excludes halogenated alkanes) is 11. The maximum absolute atomic E-state index is 10.1. The first-order valence-electron chi connectivity index (χ1n) is 11.6. The van der Waals surface area contributed by atoms with E-state index in [0.717, 1.165) is 12.8 Å². The van der Waals surface area contributed by atoms with E-state index in [1.807, 2.05) is 0 Å². The lowest BCUT2D eigenvalue weighted by molar-refractivity contribution is -0.0730. The Kier molecular flexibility index (Phi) is 15.9. The summed E-state index contributed by atoms with van der Waals surface area (Å²) in [6.07, 6.45) is 18.1. The fraction of sp³-hybridized carbons (Fsp3) is 0.913. The number of aliphatic hydroxyl groups excluding tert-OH is 3. The van der Waals surface area contributed by atoms with Crippen molar-refractivity contribution in [3.05, 3.63) is 12.2 Å². The number of hydrogen-bond acceptors (Lipinski definition) is 5. The second-order valence-electron chi connectivity index (χ2n) is 8.03. The quantitative estimate of drug-likeness (QED) is 0.238. The van der Waals surface area contributed by atoms with Crippen LogP contribution in [0.2, 0.25) is 0 Å². The van der Waals surface area contributed by atoms with Crippen LogP contribution in [0, 0.1) is 0 Å². The van der Waals surface area contributed by atoms with Crippen LogP contribution in [0.3, 0.4) is 0 Å². The molecule has 3 N–H and O–H groups in total. The van der Waals surface area contributed by atoms with E-state index in [0.29, 0.717) is 6.61 Å². The molecule has 1 heterocycles. The van der Waals surface area contributed by atoms with Gasteiger partial charge in [0, 0.05) is 6.61 Å². The minimum absolute atomic E-state index is 0.275. The van der Waals surface area contributed by atoms with Crippen molar-refractivity contribution in [2.75, 3.05) is 19.8 Å². The summed E-state index contributed by atoms with van der Waals surface area (Å²) in [6.45, 7) is 2.71. The highest BCUT2D eigenvalue weighted by atomic mass is 16.6. The highest BCUT2D eigenvalue weighted by molar-refractivity contribution is 4.88. The molecule has 1 saturated heterocycles. The molecule has 1 aliphatic heterocycles. The van der Waals surface area contributed by atoms with Crippen LogP contribution >= 0.6 is 0 Å². The van der Waals surface area contributed by atoms with Gasteiger partial charge in [-0.05, 0) is 25.7 Å². The van der Waals surface area contributed by atoms with Gasteiger partial charge in [-0.25, -0.2) is 0 Å². The molecule has 0 saturated carbocycles. The molecule has 0 amide bonds. The SMILES string of the molecule is CCCC/C=C/CCCCCCCCCCCO[C@H]1CO[C@H]([C@H](O)CO)[C@@H]1O. The highest BCUT2D eigenvalue weighted by Gasteiger charge is 2.40.